The van der Waals surface area contributed by atoms with Gasteiger partial charge in [-0.2, -0.15) is 0 Å². The lowest BCUT2D eigenvalue weighted by molar-refractivity contribution is -0.141. The van der Waals surface area contributed by atoms with Crippen molar-refractivity contribution >= 4 is 50.7 Å². The van der Waals surface area contributed by atoms with Crippen LogP contribution < -0.4 is 19.1 Å². The molecule has 0 aliphatic carbocycles. The van der Waals surface area contributed by atoms with Crippen LogP contribution in [0.15, 0.2) is 66.7 Å². The fraction of sp³-hybridized carbons (Fsp3) is 0.355. The van der Waals surface area contributed by atoms with Crippen LogP contribution in [0.5, 0.6) is 11.5 Å². The number of hydrogen-bond donors (Lipinski definition) is 1. The van der Waals surface area contributed by atoms with Crippen LogP contribution in [0.3, 0.4) is 0 Å². The SMILES string of the molecule is CCNC(=O)C(Cc1ccccc1)N(Cc1ccc(Cl)cc1Cl)C(=O)CCCN(c1ccc2c(c1)OCCO2)S(C)(=O)=O. The monoisotopic (exact) mass is 647 g/mol. The largest absolute Gasteiger partial charge is 0.486 e. The average molecular weight is 649 g/mol. The van der Waals surface area contributed by atoms with E-state index in [0.29, 0.717) is 52.6 Å². The maximum absolute atomic E-state index is 13.9. The van der Waals surface area contributed by atoms with E-state index in [4.69, 9.17) is 32.7 Å². The predicted octanol–water partition coefficient (Wildman–Crippen LogP) is 5.09. The van der Waals surface area contributed by atoms with Crippen molar-refractivity contribution < 1.29 is 27.5 Å². The van der Waals surface area contributed by atoms with Crippen LogP contribution in [0.2, 0.25) is 10.0 Å². The van der Waals surface area contributed by atoms with E-state index in [1.165, 1.54) is 9.21 Å². The molecule has 4 rings (SSSR count). The van der Waals surface area contributed by atoms with Gasteiger partial charge in [0.2, 0.25) is 21.8 Å². The van der Waals surface area contributed by atoms with Gasteiger partial charge >= 0.3 is 0 Å². The number of benzene rings is 3. The van der Waals surface area contributed by atoms with Crippen molar-refractivity contribution in [3.63, 3.8) is 0 Å². The Labute approximate surface area is 262 Å². The highest BCUT2D eigenvalue weighted by Gasteiger charge is 2.31. The van der Waals surface area contributed by atoms with Crippen LogP contribution in [-0.4, -0.2) is 63.7 Å². The van der Waals surface area contributed by atoms with Crippen LogP contribution in [-0.2, 0) is 32.6 Å². The van der Waals surface area contributed by atoms with Gasteiger partial charge in [0.05, 0.1) is 11.9 Å². The van der Waals surface area contributed by atoms with Gasteiger partial charge in [-0.05, 0) is 48.7 Å². The van der Waals surface area contributed by atoms with E-state index in [2.05, 4.69) is 5.32 Å². The standard InChI is InChI=1S/C31H35Cl2N3O6S/c1-3-34-31(38)27(18-22-8-5-4-6-9-22)35(21-23-11-12-24(32)19-26(23)33)30(37)10-7-15-36(43(2,39)40)25-13-14-28-29(20-25)42-17-16-41-28/h4-6,8-9,11-14,19-20,27H,3,7,10,15-18,21H2,1-2H3,(H,34,38). The maximum Gasteiger partial charge on any atom is 0.243 e. The Hall–Kier alpha value is -3.47. The molecule has 43 heavy (non-hydrogen) atoms. The molecule has 230 valence electrons. The minimum Gasteiger partial charge on any atom is -0.486 e. The molecule has 0 bridgehead atoms. The van der Waals surface area contributed by atoms with Crippen LogP contribution in [0.4, 0.5) is 5.69 Å². The zero-order chi connectivity index (χ0) is 31.0. The zero-order valence-corrected chi connectivity index (χ0v) is 26.4. The van der Waals surface area contributed by atoms with Crippen molar-refractivity contribution in [1.29, 1.82) is 0 Å². The highest BCUT2D eigenvalue weighted by Crippen LogP contribution is 2.35. The Morgan fingerprint density at radius 3 is 2.37 bits per heavy atom. The van der Waals surface area contributed by atoms with Crippen molar-refractivity contribution in [2.24, 2.45) is 0 Å². The number of ether oxygens (including phenoxy) is 2. The summed E-state index contributed by atoms with van der Waals surface area (Å²) in [7, 11) is -3.68. The van der Waals surface area contributed by atoms with Gasteiger partial charge in [-0.3, -0.25) is 13.9 Å². The predicted molar refractivity (Wildman–Crippen MR) is 168 cm³/mol. The number of carbonyl (C=O) groups is 2. The minimum atomic E-state index is -3.68. The average Bonchev–Trinajstić information content (AvgIpc) is 2.97. The molecule has 0 aromatic heterocycles. The van der Waals surface area contributed by atoms with E-state index in [9.17, 15) is 18.0 Å². The van der Waals surface area contributed by atoms with Gasteiger partial charge < -0.3 is 19.7 Å². The maximum atomic E-state index is 13.9. The van der Waals surface area contributed by atoms with E-state index in [-0.39, 0.29) is 44.2 Å². The summed E-state index contributed by atoms with van der Waals surface area (Å²) in [5, 5.41) is 3.69. The van der Waals surface area contributed by atoms with Gasteiger partial charge in [0.15, 0.2) is 11.5 Å². The molecule has 2 amide bonds. The molecule has 0 saturated carbocycles. The molecular formula is C31H35Cl2N3O6S. The molecule has 12 heteroatoms. The molecule has 3 aromatic carbocycles. The number of halogens is 2. The number of likely N-dealkylation sites (N-methyl/N-ethyl adjacent to an activating group) is 1. The summed E-state index contributed by atoms with van der Waals surface area (Å²) in [6.45, 7) is 3.12. The lowest BCUT2D eigenvalue weighted by Crippen LogP contribution is -2.50. The fourth-order valence-electron chi connectivity index (χ4n) is 4.87. The number of nitrogens with zero attached hydrogens (tertiary/aromatic N) is 2. The number of nitrogens with one attached hydrogen (secondary N) is 1. The second kappa shape index (κ2) is 14.8. The first-order valence-corrected chi connectivity index (χ1v) is 16.6. The van der Waals surface area contributed by atoms with E-state index in [0.717, 1.165) is 11.8 Å². The summed E-state index contributed by atoms with van der Waals surface area (Å²) in [5.41, 5.74) is 1.93. The molecule has 1 unspecified atom stereocenters. The molecule has 3 aromatic rings. The molecule has 1 heterocycles. The van der Waals surface area contributed by atoms with Crippen LogP contribution in [0.1, 0.15) is 30.9 Å². The fourth-order valence-corrected chi connectivity index (χ4v) is 6.30. The molecule has 1 N–H and O–H groups in total. The number of rotatable bonds is 13. The molecule has 1 aliphatic rings. The minimum absolute atomic E-state index is 0.00746. The first-order valence-electron chi connectivity index (χ1n) is 14.0. The topological polar surface area (TPSA) is 105 Å². The quantitative estimate of drug-likeness (QED) is 0.277. The van der Waals surface area contributed by atoms with E-state index in [1.807, 2.05) is 37.3 Å². The zero-order valence-electron chi connectivity index (χ0n) is 24.1. The highest BCUT2D eigenvalue weighted by molar-refractivity contribution is 7.92. The first kappa shape index (κ1) is 32.4. The lowest BCUT2D eigenvalue weighted by atomic mass is 10.0. The Morgan fingerprint density at radius 2 is 1.70 bits per heavy atom. The summed E-state index contributed by atoms with van der Waals surface area (Å²) in [6, 6.07) is 18.6. The number of fused-ring (bicyclic) bond motifs is 1. The summed E-state index contributed by atoms with van der Waals surface area (Å²) in [4.78, 5) is 28.8. The second-order valence-corrected chi connectivity index (χ2v) is 12.9. The third kappa shape index (κ3) is 8.78. The third-order valence-electron chi connectivity index (χ3n) is 6.94. The molecule has 9 nitrogen and oxygen atoms in total. The normalized spacial score (nSPS) is 13.2. The Balaban J connectivity index is 1.58. The summed E-state index contributed by atoms with van der Waals surface area (Å²) >= 11 is 12.6. The number of anilines is 1. The lowest BCUT2D eigenvalue weighted by Gasteiger charge is -2.32. The van der Waals surface area contributed by atoms with Gasteiger partial charge in [0.1, 0.15) is 19.3 Å². The first-order chi connectivity index (χ1) is 20.6. The van der Waals surface area contributed by atoms with Gasteiger partial charge in [-0.15, -0.1) is 0 Å². The molecule has 0 spiro atoms. The van der Waals surface area contributed by atoms with Crippen molar-refractivity contribution in [2.75, 3.05) is 36.9 Å². The number of sulfonamides is 1. The molecular weight excluding hydrogens is 613 g/mol. The van der Waals surface area contributed by atoms with Crippen molar-refractivity contribution in [2.45, 2.75) is 38.8 Å². The highest BCUT2D eigenvalue weighted by atomic mass is 35.5. The van der Waals surface area contributed by atoms with Crippen molar-refractivity contribution in [3.05, 3.63) is 87.9 Å². The summed E-state index contributed by atoms with van der Waals surface area (Å²) in [6.07, 6.45) is 1.60. The molecule has 0 fully saturated rings. The number of amides is 2. The van der Waals surface area contributed by atoms with Gasteiger partial charge in [0.25, 0.3) is 0 Å². The molecule has 1 atom stereocenters. The second-order valence-electron chi connectivity index (χ2n) is 10.1. The van der Waals surface area contributed by atoms with Crippen LogP contribution in [0, 0.1) is 0 Å². The van der Waals surface area contributed by atoms with Crippen LogP contribution >= 0.6 is 23.2 Å². The smallest absolute Gasteiger partial charge is 0.243 e. The van der Waals surface area contributed by atoms with E-state index < -0.39 is 16.1 Å². The molecule has 0 radical (unpaired) electrons. The molecule has 0 saturated heterocycles. The van der Waals surface area contributed by atoms with Gasteiger partial charge in [-0.1, -0.05) is 59.6 Å². The van der Waals surface area contributed by atoms with Gasteiger partial charge in [-0.25, -0.2) is 8.42 Å². The van der Waals surface area contributed by atoms with Gasteiger partial charge in [0, 0.05) is 48.6 Å². The number of carbonyl (C=O) groups excluding carboxylic acids is 2. The summed E-state index contributed by atoms with van der Waals surface area (Å²) < 4.78 is 38.0. The van der Waals surface area contributed by atoms with Crippen molar-refractivity contribution in [3.8, 4) is 11.5 Å². The van der Waals surface area contributed by atoms with Crippen molar-refractivity contribution in [1.82, 2.24) is 10.2 Å². The third-order valence-corrected chi connectivity index (χ3v) is 8.72. The van der Waals surface area contributed by atoms with E-state index in [1.54, 1.807) is 36.4 Å². The number of hydrogen-bond acceptors (Lipinski definition) is 6. The summed E-state index contributed by atoms with van der Waals surface area (Å²) in [5.74, 6) is 0.405. The Kier molecular flexibility index (Phi) is 11.2. The Bertz CT molecular complexity index is 1540. The Morgan fingerprint density at radius 1 is 0.977 bits per heavy atom. The van der Waals surface area contributed by atoms with E-state index >= 15 is 0 Å². The molecule has 1 aliphatic heterocycles. The van der Waals surface area contributed by atoms with Crippen LogP contribution in [0.25, 0.3) is 0 Å².